The van der Waals surface area contributed by atoms with Crippen molar-refractivity contribution >= 4 is 49.9 Å². The van der Waals surface area contributed by atoms with Crippen LogP contribution >= 0.6 is 21.0 Å². The standard InChI is InChI=1S/C31H45FN7OPS/c1-9-18(2)29(23(20(4)33)17-34-12-13-40-7)30(22-10-11-22)31(36-28-14-19(3)37-38-28)35-21(5)39(6)25-16-26(41)27(42-8)15-24(25)32/h14-17,22H,9-13,33,41H2,1-8H3,(H2,36,37,38)/b23-20+,29-18+,31-30+,34-17?,35-21+. The van der Waals surface area contributed by atoms with Gasteiger partial charge < -0.3 is 20.7 Å². The van der Waals surface area contributed by atoms with Gasteiger partial charge in [0, 0.05) is 53.9 Å². The highest BCUT2D eigenvalue weighted by Crippen LogP contribution is 2.45. The third-order valence-corrected chi connectivity index (χ3v) is 8.66. The van der Waals surface area contributed by atoms with Crippen molar-refractivity contribution in [1.29, 1.82) is 0 Å². The van der Waals surface area contributed by atoms with E-state index in [9.17, 15) is 0 Å². The van der Waals surface area contributed by atoms with Gasteiger partial charge in [0.05, 0.1) is 18.8 Å². The van der Waals surface area contributed by atoms with Crippen molar-refractivity contribution in [3.8, 4) is 0 Å². The lowest BCUT2D eigenvalue weighted by Gasteiger charge is -2.24. The van der Waals surface area contributed by atoms with E-state index in [0.29, 0.717) is 42.0 Å². The van der Waals surface area contributed by atoms with E-state index in [-0.39, 0.29) is 11.7 Å². The third-order valence-electron chi connectivity index (χ3n) is 7.18. The number of benzene rings is 1. The number of amidine groups is 1. The van der Waals surface area contributed by atoms with Gasteiger partial charge in [-0.05, 0) is 82.1 Å². The number of methoxy groups -OCH3 is 1. The quantitative estimate of drug-likeness (QED) is 0.0608. The summed E-state index contributed by atoms with van der Waals surface area (Å²) in [4.78, 5) is 12.4. The molecule has 1 atom stereocenters. The highest BCUT2D eigenvalue weighted by atomic mass is 32.2. The van der Waals surface area contributed by atoms with Crippen LogP contribution in [0.25, 0.3) is 0 Å². The Kier molecular flexibility index (Phi) is 12.4. The van der Waals surface area contributed by atoms with E-state index in [0.717, 1.165) is 51.9 Å². The molecule has 2 aromatic rings. The molecule has 228 valence electrons. The number of H-pyrrole nitrogens is 1. The topological polar surface area (TPSA) is 104 Å². The number of aliphatic imine (C=N–C) groups is 2. The Labute approximate surface area is 256 Å². The molecule has 0 spiro atoms. The molecule has 1 aromatic carbocycles. The highest BCUT2D eigenvalue weighted by molar-refractivity contribution is 7.99. The minimum atomic E-state index is -0.301. The van der Waals surface area contributed by atoms with Gasteiger partial charge in [-0.25, -0.2) is 9.38 Å². The Morgan fingerprint density at radius 3 is 2.57 bits per heavy atom. The third kappa shape index (κ3) is 8.55. The smallest absolute Gasteiger partial charge is 0.153 e. The second-order valence-electron chi connectivity index (χ2n) is 10.5. The molecule has 1 aliphatic rings. The van der Waals surface area contributed by atoms with E-state index < -0.39 is 0 Å². The van der Waals surface area contributed by atoms with Gasteiger partial charge in [-0.1, -0.05) is 12.5 Å². The summed E-state index contributed by atoms with van der Waals surface area (Å²) in [5, 5.41) is 11.9. The predicted molar refractivity (Wildman–Crippen MR) is 181 cm³/mol. The molecule has 0 saturated heterocycles. The summed E-state index contributed by atoms with van der Waals surface area (Å²) in [6.45, 7) is 11.1. The second kappa shape index (κ2) is 15.5. The minimum absolute atomic E-state index is 0.281. The number of nitrogens with two attached hydrogens (primary N) is 1. The number of halogens is 1. The van der Waals surface area contributed by atoms with Crippen LogP contribution in [-0.4, -0.2) is 55.8 Å². The summed E-state index contributed by atoms with van der Waals surface area (Å²) in [6, 6.07) is 5.34. The molecule has 1 aliphatic carbocycles. The summed E-state index contributed by atoms with van der Waals surface area (Å²) in [5.41, 5.74) is 12.7. The molecule has 1 saturated carbocycles. The van der Waals surface area contributed by atoms with E-state index in [1.165, 1.54) is 17.3 Å². The molecule has 3 rings (SSSR count). The van der Waals surface area contributed by atoms with Crippen LogP contribution in [0.15, 0.2) is 66.9 Å². The molecule has 8 nitrogen and oxygen atoms in total. The lowest BCUT2D eigenvalue weighted by Crippen LogP contribution is -2.26. The number of hydrogen-bond acceptors (Lipinski definition) is 7. The largest absolute Gasteiger partial charge is 0.402 e. The first-order valence-electron chi connectivity index (χ1n) is 14.1. The van der Waals surface area contributed by atoms with E-state index in [4.69, 9.17) is 15.5 Å². The zero-order chi connectivity index (χ0) is 31.0. The molecule has 0 radical (unpaired) electrons. The Morgan fingerprint density at radius 2 is 2.02 bits per heavy atom. The maximum Gasteiger partial charge on any atom is 0.153 e. The Balaban J connectivity index is 2.25. The van der Waals surface area contributed by atoms with Crippen LogP contribution < -0.4 is 21.3 Å². The number of aromatic nitrogens is 2. The number of nitrogens with one attached hydrogen (secondary N) is 2. The van der Waals surface area contributed by atoms with Gasteiger partial charge >= 0.3 is 0 Å². The number of nitrogens with zero attached hydrogens (tertiary/aromatic N) is 4. The number of rotatable bonds is 13. The Hall–Kier alpha value is -2.94. The summed E-state index contributed by atoms with van der Waals surface area (Å²) in [7, 11) is 6.19. The van der Waals surface area contributed by atoms with Gasteiger partial charge in [0.15, 0.2) is 5.82 Å². The maximum absolute atomic E-state index is 15.2. The van der Waals surface area contributed by atoms with Gasteiger partial charge in [0.1, 0.15) is 17.5 Å². The van der Waals surface area contributed by atoms with Crippen LogP contribution in [0.1, 0.15) is 52.7 Å². The lowest BCUT2D eigenvalue weighted by atomic mass is 9.88. The molecule has 1 heterocycles. The van der Waals surface area contributed by atoms with Crippen molar-refractivity contribution in [3.05, 3.63) is 63.5 Å². The molecule has 42 heavy (non-hydrogen) atoms. The molecular weight excluding hydrogens is 568 g/mol. The minimum Gasteiger partial charge on any atom is -0.402 e. The first-order chi connectivity index (χ1) is 20.0. The van der Waals surface area contributed by atoms with Gasteiger partial charge in [-0.2, -0.15) is 5.10 Å². The van der Waals surface area contributed by atoms with Crippen LogP contribution in [0, 0.1) is 18.7 Å². The van der Waals surface area contributed by atoms with E-state index in [1.807, 2.05) is 52.4 Å². The fourth-order valence-electron chi connectivity index (χ4n) is 4.50. The van der Waals surface area contributed by atoms with Crippen LogP contribution in [0.3, 0.4) is 0 Å². The number of anilines is 2. The van der Waals surface area contributed by atoms with Crippen molar-refractivity contribution in [2.45, 2.75) is 58.8 Å². The fraction of sp³-hybridized carbons (Fsp3) is 0.452. The van der Waals surface area contributed by atoms with Crippen LogP contribution in [0.2, 0.25) is 0 Å². The average molecular weight is 614 g/mol. The number of aromatic amines is 1. The van der Waals surface area contributed by atoms with E-state index in [2.05, 4.69) is 43.6 Å². The number of allylic oxidation sites excluding steroid dienone is 5. The number of thioether (sulfide) groups is 1. The zero-order valence-electron chi connectivity index (χ0n) is 26.1. The first kappa shape index (κ1) is 33.6. The average Bonchev–Trinajstić information content (AvgIpc) is 3.71. The highest BCUT2D eigenvalue weighted by Gasteiger charge is 2.34. The summed E-state index contributed by atoms with van der Waals surface area (Å²) >= 11 is 1.51. The van der Waals surface area contributed by atoms with Crippen molar-refractivity contribution in [1.82, 2.24) is 10.2 Å². The first-order valence-corrected chi connectivity index (χ1v) is 15.9. The molecule has 4 N–H and O–H groups in total. The van der Waals surface area contributed by atoms with Crippen molar-refractivity contribution in [3.63, 3.8) is 0 Å². The zero-order valence-corrected chi connectivity index (χ0v) is 28.0. The number of ether oxygens (including phenoxy) is 1. The number of aryl methyl sites for hydroxylation is 1. The molecule has 0 aliphatic heterocycles. The van der Waals surface area contributed by atoms with Crippen LogP contribution in [0.5, 0.6) is 0 Å². The molecule has 1 aromatic heterocycles. The van der Waals surface area contributed by atoms with E-state index >= 15 is 4.39 Å². The van der Waals surface area contributed by atoms with Gasteiger partial charge in [0.25, 0.3) is 0 Å². The molecule has 1 unspecified atom stereocenters. The lowest BCUT2D eigenvalue weighted by molar-refractivity contribution is 0.208. The van der Waals surface area contributed by atoms with Gasteiger partial charge in [0.2, 0.25) is 0 Å². The van der Waals surface area contributed by atoms with Crippen LogP contribution in [0.4, 0.5) is 15.9 Å². The summed E-state index contributed by atoms with van der Waals surface area (Å²) in [5.74, 6) is 1.92. The fourth-order valence-corrected chi connectivity index (χ4v) is 5.61. The normalized spacial score (nSPS) is 15.9. The van der Waals surface area contributed by atoms with Gasteiger partial charge in [-0.3, -0.25) is 10.1 Å². The molecule has 0 bridgehead atoms. The number of hydrogen-bond donors (Lipinski definition) is 3. The molecular formula is C31H45FN7OPS. The Bertz CT molecular complexity index is 1420. The van der Waals surface area contributed by atoms with E-state index in [1.54, 1.807) is 18.1 Å². The van der Waals surface area contributed by atoms with Crippen LogP contribution in [-0.2, 0) is 4.74 Å². The maximum atomic E-state index is 15.2. The summed E-state index contributed by atoms with van der Waals surface area (Å²) < 4.78 is 20.4. The molecule has 11 heteroatoms. The molecule has 1 fully saturated rings. The predicted octanol–water partition coefficient (Wildman–Crippen LogP) is 6.34. The Morgan fingerprint density at radius 1 is 1.31 bits per heavy atom. The van der Waals surface area contributed by atoms with Gasteiger partial charge in [-0.15, -0.1) is 21.0 Å². The summed E-state index contributed by atoms with van der Waals surface area (Å²) in [6.07, 6.45) is 6.69. The van der Waals surface area contributed by atoms with Crippen molar-refractivity contribution in [2.24, 2.45) is 21.6 Å². The SMILES string of the molecule is CC/C(C)=C(C(\C=NCCOC)=C(/C)N)/C(=C(\N=C(/C)N(C)c1cc(P)c(SC)cc1F)Nc1cc(C)[nH]n1)C1CC1. The monoisotopic (exact) mass is 613 g/mol. The second-order valence-corrected chi connectivity index (χ2v) is 12.0. The van der Waals surface area contributed by atoms with Crippen molar-refractivity contribution < 1.29 is 9.13 Å². The molecule has 0 amide bonds. The van der Waals surface area contributed by atoms with Crippen molar-refractivity contribution in [2.75, 3.05) is 43.8 Å².